The van der Waals surface area contributed by atoms with E-state index in [4.69, 9.17) is 23.2 Å². The van der Waals surface area contributed by atoms with E-state index < -0.39 is 17.8 Å². The summed E-state index contributed by atoms with van der Waals surface area (Å²) in [6.07, 6.45) is 0. The van der Waals surface area contributed by atoms with Crippen molar-refractivity contribution in [2.45, 2.75) is 0 Å². The fraction of sp³-hybridized carbons (Fsp3) is 0. The Morgan fingerprint density at radius 3 is 2.33 bits per heavy atom. The second-order valence-electron chi connectivity index (χ2n) is 5.21. The highest BCUT2D eigenvalue weighted by Gasteiger charge is 2.13. The lowest BCUT2D eigenvalue weighted by Gasteiger charge is -2.05. The minimum atomic E-state index is -0.563. The third kappa shape index (κ3) is 5.16. The first kappa shape index (κ1) is 19.1. The molecule has 3 rings (SSSR count). The van der Waals surface area contributed by atoms with Gasteiger partial charge in [-0.3, -0.25) is 10.1 Å². The average Bonchev–Trinajstić information content (AvgIpc) is 3.08. The zero-order valence-electron chi connectivity index (χ0n) is 13.4. The van der Waals surface area contributed by atoms with Gasteiger partial charge in [-0.05, 0) is 42.5 Å². The molecule has 3 aromatic rings. The predicted octanol–water partition coefficient (Wildman–Crippen LogP) is 5.49. The van der Waals surface area contributed by atoms with Crippen molar-refractivity contribution in [1.29, 1.82) is 0 Å². The van der Waals surface area contributed by atoms with E-state index in [0.717, 1.165) is 11.3 Å². The van der Waals surface area contributed by atoms with E-state index in [9.17, 15) is 14.0 Å². The number of rotatable bonds is 4. The molecule has 2 aromatic carbocycles. The smallest absolute Gasteiger partial charge is 0.321 e. The maximum atomic E-state index is 12.9. The number of thiazole rings is 1. The first-order valence-electron chi connectivity index (χ1n) is 7.46. The average molecular weight is 425 g/mol. The van der Waals surface area contributed by atoms with E-state index in [0.29, 0.717) is 21.4 Å². The molecule has 0 bridgehead atoms. The number of halogens is 3. The van der Waals surface area contributed by atoms with Crippen molar-refractivity contribution in [3.8, 4) is 0 Å². The van der Waals surface area contributed by atoms with Crippen LogP contribution < -0.4 is 16.0 Å². The molecule has 0 aliphatic heterocycles. The van der Waals surface area contributed by atoms with Crippen LogP contribution in [0.25, 0.3) is 0 Å². The standard InChI is InChI=1S/C17H11Cl2FN4O2S/c18-12-6-5-11(7-13(12)19)21-15(25)14-8-27-17(23-14)24-16(26)22-10-3-1-9(20)2-4-10/h1-8H,(H,21,25)(H2,22,23,24,26). The van der Waals surface area contributed by atoms with Crippen LogP contribution in [0.5, 0.6) is 0 Å². The molecule has 27 heavy (non-hydrogen) atoms. The Morgan fingerprint density at radius 1 is 0.926 bits per heavy atom. The SMILES string of the molecule is O=C(Nc1ccc(F)cc1)Nc1nc(C(=O)Nc2ccc(Cl)c(Cl)c2)cs1. The highest BCUT2D eigenvalue weighted by molar-refractivity contribution is 7.14. The van der Waals surface area contributed by atoms with Crippen LogP contribution >= 0.6 is 34.5 Å². The van der Waals surface area contributed by atoms with Gasteiger partial charge in [0.1, 0.15) is 11.5 Å². The molecular weight excluding hydrogens is 414 g/mol. The van der Waals surface area contributed by atoms with E-state index >= 15 is 0 Å². The lowest BCUT2D eigenvalue weighted by atomic mass is 10.3. The van der Waals surface area contributed by atoms with Gasteiger partial charge >= 0.3 is 6.03 Å². The van der Waals surface area contributed by atoms with Crippen LogP contribution in [0.4, 0.5) is 25.7 Å². The van der Waals surface area contributed by atoms with E-state index in [-0.39, 0.29) is 10.8 Å². The normalized spacial score (nSPS) is 10.3. The number of nitrogens with one attached hydrogen (secondary N) is 3. The molecule has 0 unspecified atom stereocenters. The Bertz CT molecular complexity index is 995. The molecule has 0 saturated heterocycles. The van der Waals surface area contributed by atoms with Crippen LogP contribution in [0, 0.1) is 5.82 Å². The Kier molecular flexibility index (Phi) is 5.90. The summed E-state index contributed by atoms with van der Waals surface area (Å²) in [7, 11) is 0. The molecule has 0 saturated carbocycles. The topological polar surface area (TPSA) is 83.1 Å². The Hall–Kier alpha value is -2.68. The molecule has 0 aliphatic carbocycles. The van der Waals surface area contributed by atoms with Crippen molar-refractivity contribution in [2.75, 3.05) is 16.0 Å². The largest absolute Gasteiger partial charge is 0.325 e. The maximum Gasteiger partial charge on any atom is 0.325 e. The molecule has 0 atom stereocenters. The summed E-state index contributed by atoms with van der Waals surface area (Å²) >= 11 is 12.8. The van der Waals surface area contributed by atoms with Gasteiger partial charge in [0.2, 0.25) is 0 Å². The first-order valence-corrected chi connectivity index (χ1v) is 9.10. The maximum absolute atomic E-state index is 12.9. The van der Waals surface area contributed by atoms with Gasteiger partial charge in [0.15, 0.2) is 5.13 Å². The van der Waals surface area contributed by atoms with Crippen molar-refractivity contribution in [2.24, 2.45) is 0 Å². The summed E-state index contributed by atoms with van der Waals surface area (Å²) in [6, 6.07) is 9.42. The molecule has 1 aromatic heterocycles. The Morgan fingerprint density at radius 2 is 1.63 bits per heavy atom. The molecule has 3 N–H and O–H groups in total. The number of hydrogen-bond donors (Lipinski definition) is 3. The molecule has 6 nitrogen and oxygen atoms in total. The number of carbonyl (C=O) groups excluding carboxylic acids is 2. The molecule has 0 spiro atoms. The summed E-state index contributed by atoms with van der Waals surface area (Å²) in [5.41, 5.74) is 1.01. The van der Waals surface area contributed by atoms with Gasteiger partial charge in [-0.15, -0.1) is 11.3 Å². The second-order valence-corrected chi connectivity index (χ2v) is 6.88. The van der Waals surface area contributed by atoms with Crippen LogP contribution in [-0.2, 0) is 0 Å². The molecule has 3 amide bonds. The van der Waals surface area contributed by atoms with Crippen molar-refractivity contribution >= 4 is 63.0 Å². The van der Waals surface area contributed by atoms with E-state index in [1.54, 1.807) is 12.1 Å². The molecule has 1 heterocycles. The number of aromatic nitrogens is 1. The van der Waals surface area contributed by atoms with Crippen LogP contribution in [0.3, 0.4) is 0 Å². The lowest BCUT2D eigenvalue weighted by molar-refractivity contribution is 0.102. The zero-order valence-corrected chi connectivity index (χ0v) is 15.8. The molecule has 0 aliphatic rings. The molecule has 10 heteroatoms. The summed E-state index contributed by atoms with van der Waals surface area (Å²) < 4.78 is 12.9. The van der Waals surface area contributed by atoms with Crippen molar-refractivity contribution in [3.63, 3.8) is 0 Å². The number of amides is 3. The number of anilines is 3. The minimum Gasteiger partial charge on any atom is -0.321 e. The summed E-state index contributed by atoms with van der Waals surface area (Å²) in [4.78, 5) is 28.2. The summed E-state index contributed by atoms with van der Waals surface area (Å²) in [5.74, 6) is -0.866. The quantitative estimate of drug-likeness (QED) is 0.517. The van der Waals surface area contributed by atoms with E-state index in [2.05, 4.69) is 20.9 Å². The van der Waals surface area contributed by atoms with Crippen LogP contribution in [0.2, 0.25) is 10.0 Å². The monoisotopic (exact) mass is 424 g/mol. The zero-order chi connectivity index (χ0) is 19.4. The Balaban J connectivity index is 1.60. The van der Waals surface area contributed by atoms with Crippen molar-refractivity contribution < 1.29 is 14.0 Å². The molecule has 138 valence electrons. The van der Waals surface area contributed by atoms with Gasteiger partial charge in [0, 0.05) is 16.8 Å². The molecule has 0 radical (unpaired) electrons. The van der Waals surface area contributed by atoms with Crippen LogP contribution in [0.1, 0.15) is 10.5 Å². The fourth-order valence-corrected chi connectivity index (χ4v) is 2.98. The number of carbonyl (C=O) groups is 2. The summed E-state index contributed by atoms with van der Waals surface area (Å²) in [6.45, 7) is 0. The number of hydrogen-bond acceptors (Lipinski definition) is 4. The third-order valence-corrected chi connectivity index (χ3v) is 4.73. The van der Waals surface area contributed by atoms with Gasteiger partial charge in [-0.1, -0.05) is 23.2 Å². The van der Waals surface area contributed by atoms with Gasteiger partial charge in [0.25, 0.3) is 5.91 Å². The minimum absolute atomic E-state index is 0.128. The Labute approximate surface area is 167 Å². The highest BCUT2D eigenvalue weighted by Crippen LogP contribution is 2.25. The van der Waals surface area contributed by atoms with Crippen molar-refractivity contribution in [1.82, 2.24) is 4.98 Å². The highest BCUT2D eigenvalue weighted by atomic mass is 35.5. The van der Waals surface area contributed by atoms with Crippen molar-refractivity contribution in [3.05, 3.63) is 69.4 Å². The van der Waals surface area contributed by atoms with Crippen LogP contribution in [0.15, 0.2) is 47.8 Å². The number of nitrogens with zero attached hydrogens (tertiary/aromatic N) is 1. The second kappa shape index (κ2) is 8.34. The molecular formula is C17H11Cl2FN4O2S. The van der Waals surface area contributed by atoms with Crippen LogP contribution in [-0.4, -0.2) is 16.9 Å². The van der Waals surface area contributed by atoms with Gasteiger partial charge in [-0.25, -0.2) is 14.2 Å². The van der Waals surface area contributed by atoms with E-state index in [1.807, 2.05) is 0 Å². The number of benzene rings is 2. The van der Waals surface area contributed by atoms with E-state index in [1.165, 1.54) is 35.7 Å². The lowest BCUT2D eigenvalue weighted by Crippen LogP contribution is -2.19. The van der Waals surface area contributed by atoms with Gasteiger partial charge in [0.05, 0.1) is 10.0 Å². The summed E-state index contributed by atoms with van der Waals surface area (Å²) in [5, 5.41) is 10.1. The third-order valence-electron chi connectivity index (χ3n) is 3.24. The predicted molar refractivity (Wildman–Crippen MR) is 106 cm³/mol. The number of urea groups is 1. The fourth-order valence-electron chi connectivity index (χ4n) is 2.00. The first-order chi connectivity index (χ1) is 12.9. The van der Waals surface area contributed by atoms with Gasteiger partial charge < -0.3 is 10.6 Å². The molecule has 0 fully saturated rings. The van der Waals surface area contributed by atoms with Gasteiger partial charge in [-0.2, -0.15) is 0 Å².